The number of hydrogen-bond donors (Lipinski definition) is 0. The van der Waals surface area contributed by atoms with E-state index in [1.54, 1.807) is 0 Å². The van der Waals surface area contributed by atoms with Crippen LogP contribution in [0.5, 0.6) is 0 Å². The van der Waals surface area contributed by atoms with Gasteiger partial charge >= 0.3 is 0 Å². The molecule has 1 fully saturated rings. The van der Waals surface area contributed by atoms with Gasteiger partial charge in [-0.25, -0.2) is 13.2 Å². The highest BCUT2D eigenvalue weighted by molar-refractivity contribution is 7.99. The van der Waals surface area contributed by atoms with Gasteiger partial charge in [0.05, 0.1) is 17.5 Å². The van der Waals surface area contributed by atoms with Crippen molar-refractivity contribution in [3.05, 3.63) is 53.6 Å². The molecule has 0 aliphatic carbocycles. The van der Waals surface area contributed by atoms with Crippen LogP contribution in [0.4, 0.5) is 22.0 Å². The molecule has 0 amide bonds. The highest BCUT2D eigenvalue weighted by Gasteiger charge is 2.26. The van der Waals surface area contributed by atoms with Gasteiger partial charge in [-0.1, -0.05) is 0 Å². The van der Waals surface area contributed by atoms with Crippen LogP contribution < -0.4 is 0 Å². The van der Waals surface area contributed by atoms with E-state index >= 15 is 0 Å². The average Bonchev–Trinajstić information content (AvgIpc) is 3.35. The van der Waals surface area contributed by atoms with Crippen molar-refractivity contribution in [2.45, 2.75) is 35.5 Å². The summed E-state index contributed by atoms with van der Waals surface area (Å²) in [5.41, 5.74) is 0.511. The number of halogens is 5. The van der Waals surface area contributed by atoms with Gasteiger partial charge in [-0.05, 0) is 48.9 Å². The lowest BCUT2D eigenvalue weighted by Crippen LogP contribution is -2.17. The van der Waals surface area contributed by atoms with Gasteiger partial charge in [0.2, 0.25) is 0 Å². The summed E-state index contributed by atoms with van der Waals surface area (Å²) >= 11 is 0.388. The highest BCUT2D eigenvalue weighted by atomic mass is 32.2. The van der Waals surface area contributed by atoms with Crippen LogP contribution in [0, 0.1) is 29.3 Å². The Hall–Kier alpha value is -2.53. The zero-order valence-electron chi connectivity index (χ0n) is 14.7. The molecule has 1 aromatic carbocycles. The van der Waals surface area contributed by atoms with Gasteiger partial charge in [0, 0.05) is 12.2 Å². The van der Waals surface area contributed by atoms with Crippen LogP contribution in [0.2, 0.25) is 0 Å². The van der Waals surface area contributed by atoms with Crippen LogP contribution in [0.3, 0.4) is 0 Å². The largest absolute Gasteiger partial charge is 0.376 e. The molecule has 0 bridgehead atoms. The van der Waals surface area contributed by atoms with Crippen molar-refractivity contribution in [1.29, 1.82) is 0 Å². The van der Waals surface area contributed by atoms with Gasteiger partial charge in [0.1, 0.15) is 5.82 Å². The van der Waals surface area contributed by atoms with E-state index in [2.05, 4.69) is 15.2 Å². The van der Waals surface area contributed by atoms with Gasteiger partial charge in [0.25, 0.3) is 11.9 Å². The molecule has 11 heteroatoms. The topological polar surface area (TPSA) is 52.8 Å². The molecule has 152 valence electrons. The molecule has 4 rings (SSSR count). The summed E-state index contributed by atoms with van der Waals surface area (Å²) < 4.78 is 75.4. The first kappa shape index (κ1) is 19.8. The summed E-state index contributed by atoms with van der Waals surface area (Å²) in [6.45, 7) is 0.826. The second-order valence-electron chi connectivity index (χ2n) is 6.31. The number of rotatable bonds is 5. The molecule has 1 saturated heterocycles. The summed E-state index contributed by atoms with van der Waals surface area (Å²) in [4.78, 5) is 1.63. The summed E-state index contributed by atoms with van der Waals surface area (Å²) in [6.07, 6.45) is 1.42. The van der Waals surface area contributed by atoms with Crippen LogP contribution in [-0.2, 0) is 11.3 Å². The number of benzene rings is 1. The van der Waals surface area contributed by atoms with Gasteiger partial charge in [-0.3, -0.25) is 4.57 Å². The second kappa shape index (κ2) is 8.07. The molecule has 2 aromatic heterocycles. The van der Waals surface area contributed by atoms with Crippen molar-refractivity contribution in [2.75, 3.05) is 6.61 Å². The third kappa shape index (κ3) is 3.97. The monoisotopic (exact) mass is 428 g/mol. The molecule has 0 saturated carbocycles. The number of ether oxygens (including phenoxy) is 1. The molecule has 1 unspecified atom stereocenters. The van der Waals surface area contributed by atoms with Gasteiger partial charge < -0.3 is 4.74 Å². The van der Waals surface area contributed by atoms with Crippen molar-refractivity contribution >= 4 is 11.8 Å². The molecule has 3 aromatic rings. The molecule has 1 aliphatic rings. The Balaban J connectivity index is 1.76. The minimum Gasteiger partial charge on any atom is -0.376 e. The smallest absolute Gasteiger partial charge is 0.252 e. The van der Waals surface area contributed by atoms with Crippen molar-refractivity contribution < 1.29 is 26.7 Å². The average molecular weight is 428 g/mol. The molecule has 0 N–H and O–H groups in total. The molecule has 0 spiro atoms. The van der Waals surface area contributed by atoms with Crippen LogP contribution in [0.1, 0.15) is 12.8 Å². The summed E-state index contributed by atoms with van der Waals surface area (Å²) in [5.74, 6) is -6.89. The van der Waals surface area contributed by atoms with Gasteiger partial charge in [-0.2, -0.15) is 13.8 Å². The van der Waals surface area contributed by atoms with E-state index in [9.17, 15) is 22.0 Å². The Morgan fingerprint density at radius 3 is 2.31 bits per heavy atom. The third-order valence-corrected chi connectivity index (χ3v) is 5.43. The lowest BCUT2D eigenvalue weighted by atomic mass is 10.2. The normalized spacial score (nSPS) is 16.5. The van der Waals surface area contributed by atoms with E-state index in [-0.39, 0.29) is 17.8 Å². The Labute approximate surface area is 165 Å². The van der Waals surface area contributed by atoms with E-state index in [0.29, 0.717) is 29.8 Å². The van der Waals surface area contributed by atoms with Gasteiger partial charge in [-0.15, -0.1) is 10.2 Å². The zero-order valence-corrected chi connectivity index (χ0v) is 15.5. The minimum absolute atomic E-state index is 0.00243. The van der Waals surface area contributed by atoms with Crippen LogP contribution in [0.25, 0.3) is 11.4 Å². The number of hydrogen-bond acceptors (Lipinski definition) is 5. The van der Waals surface area contributed by atoms with E-state index < -0.39 is 34.2 Å². The Bertz CT molecular complexity index is 1010. The summed E-state index contributed by atoms with van der Waals surface area (Å²) in [6, 6.07) is 5.43. The van der Waals surface area contributed by atoms with Crippen LogP contribution in [-0.4, -0.2) is 32.5 Å². The van der Waals surface area contributed by atoms with E-state index in [4.69, 9.17) is 4.74 Å². The SMILES string of the molecule is Fc1ccc(-c2nnc(Sc3c(F)c(F)nc(F)c3F)n2CC2CCCO2)cc1. The van der Waals surface area contributed by atoms with Gasteiger partial charge in [0.15, 0.2) is 22.6 Å². The predicted molar refractivity (Wildman–Crippen MR) is 92.6 cm³/mol. The molecular formula is C18H13F5N4OS. The second-order valence-corrected chi connectivity index (χ2v) is 7.29. The first-order valence-electron chi connectivity index (χ1n) is 8.62. The zero-order chi connectivity index (χ0) is 20.5. The lowest BCUT2D eigenvalue weighted by molar-refractivity contribution is 0.0953. The molecular weight excluding hydrogens is 415 g/mol. The summed E-state index contributed by atoms with van der Waals surface area (Å²) in [7, 11) is 0. The number of pyridine rings is 1. The first-order valence-corrected chi connectivity index (χ1v) is 9.44. The molecule has 1 aliphatic heterocycles. The quantitative estimate of drug-likeness (QED) is 0.446. The van der Waals surface area contributed by atoms with Crippen molar-refractivity contribution in [3.8, 4) is 11.4 Å². The highest BCUT2D eigenvalue weighted by Crippen LogP contribution is 2.35. The third-order valence-electron chi connectivity index (χ3n) is 4.38. The Morgan fingerprint density at radius 2 is 1.69 bits per heavy atom. The fourth-order valence-electron chi connectivity index (χ4n) is 2.98. The summed E-state index contributed by atoms with van der Waals surface area (Å²) in [5, 5.41) is 7.95. The maximum atomic E-state index is 14.1. The van der Waals surface area contributed by atoms with E-state index in [1.165, 1.54) is 28.8 Å². The number of nitrogens with zero attached hydrogens (tertiary/aromatic N) is 4. The maximum absolute atomic E-state index is 14.1. The standard InChI is InChI=1S/C18H13F5N4OS/c19-10-5-3-9(4-6-10)17-25-26-18(27(17)8-11-2-1-7-28-11)29-14-12(20)15(22)24-16(23)13(14)21/h3-6,11H,1-2,7-8H2. The van der Waals surface area contributed by atoms with Crippen molar-refractivity contribution in [1.82, 2.24) is 19.7 Å². The van der Waals surface area contributed by atoms with E-state index in [1.807, 2.05) is 0 Å². The fourth-order valence-corrected chi connectivity index (χ4v) is 3.87. The lowest BCUT2D eigenvalue weighted by Gasteiger charge is -2.15. The molecule has 1 atom stereocenters. The maximum Gasteiger partial charge on any atom is 0.252 e. The van der Waals surface area contributed by atoms with Crippen LogP contribution in [0.15, 0.2) is 34.3 Å². The van der Waals surface area contributed by atoms with E-state index in [0.717, 1.165) is 12.8 Å². The van der Waals surface area contributed by atoms with Crippen molar-refractivity contribution in [3.63, 3.8) is 0 Å². The molecule has 0 radical (unpaired) electrons. The number of aromatic nitrogens is 4. The molecule has 5 nitrogen and oxygen atoms in total. The molecule has 3 heterocycles. The molecule has 29 heavy (non-hydrogen) atoms. The Kier molecular flexibility index (Phi) is 5.50. The Morgan fingerprint density at radius 1 is 1.00 bits per heavy atom. The first-order chi connectivity index (χ1) is 13.9. The van der Waals surface area contributed by atoms with Crippen LogP contribution >= 0.6 is 11.8 Å². The fraction of sp³-hybridized carbons (Fsp3) is 0.278. The van der Waals surface area contributed by atoms with Crippen molar-refractivity contribution in [2.24, 2.45) is 0 Å². The minimum atomic E-state index is -1.75. The predicted octanol–water partition coefficient (Wildman–Crippen LogP) is 4.37.